The van der Waals surface area contributed by atoms with Crippen molar-refractivity contribution in [3.05, 3.63) is 35.4 Å². The molecular weight excluding hydrogens is 258 g/mol. The van der Waals surface area contributed by atoms with Gasteiger partial charge in [-0.3, -0.25) is 0 Å². The quantitative estimate of drug-likeness (QED) is 0.850. The first kappa shape index (κ1) is 14.6. The minimum Gasteiger partial charge on any atom is -0.388 e. The van der Waals surface area contributed by atoms with Crippen molar-refractivity contribution >= 4 is 0 Å². The molecule has 1 saturated carbocycles. The van der Waals surface area contributed by atoms with E-state index in [-0.39, 0.29) is 11.3 Å². The van der Waals surface area contributed by atoms with Crippen molar-refractivity contribution in [3.63, 3.8) is 0 Å². The van der Waals surface area contributed by atoms with Crippen molar-refractivity contribution in [1.82, 2.24) is 0 Å². The molecule has 0 heterocycles. The second kappa shape index (κ2) is 4.58. The van der Waals surface area contributed by atoms with Gasteiger partial charge >= 0.3 is 0 Å². The Morgan fingerprint density at radius 1 is 1.24 bits per heavy atom. The number of hydrogen-bond acceptors (Lipinski definition) is 2. The summed E-state index contributed by atoms with van der Waals surface area (Å²) in [6, 6.07) is 10.9. The number of rotatable bonds is 1. The third-order valence-corrected chi connectivity index (χ3v) is 5.90. The van der Waals surface area contributed by atoms with Gasteiger partial charge in [0.05, 0.1) is 17.1 Å². The molecule has 0 bridgehead atoms. The number of nitrogens with zero attached hydrogens (tertiary/aromatic N) is 1. The molecule has 3 rings (SSSR count). The second-order valence-electron chi connectivity index (χ2n) is 8.01. The summed E-state index contributed by atoms with van der Waals surface area (Å²) in [6.45, 7) is 6.54. The highest BCUT2D eigenvalue weighted by Crippen LogP contribution is 2.58. The second-order valence-corrected chi connectivity index (χ2v) is 8.01. The zero-order valence-corrected chi connectivity index (χ0v) is 13.3. The van der Waals surface area contributed by atoms with Gasteiger partial charge in [0.2, 0.25) is 0 Å². The summed E-state index contributed by atoms with van der Waals surface area (Å²) in [4.78, 5) is 0. The molecule has 0 saturated heterocycles. The van der Waals surface area contributed by atoms with Crippen molar-refractivity contribution in [3.8, 4) is 6.07 Å². The molecule has 2 aliphatic rings. The number of aryl methyl sites for hydroxylation is 1. The molecule has 2 nitrogen and oxygen atoms in total. The van der Waals surface area contributed by atoms with Gasteiger partial charge in [-0.2, -0.15) is 5.26 Å². The fraction of sp³-hybridized carbons (Fsp3) is 0.632. The number of aliphatic hydroxyl groups is 1. The molecule has 1 aromatic rings. The smallest absolute Gasteiger partial charge is 0.0906 e. The van der Waals surface area contributed by atoms with Crippen LogP contribution in [0.2, 0.25) is 0 Å². The maximum atomic E-state index is 11.5. The van der Waals surface area contributed by atoms with Gasteiger partial charge in [0.1, 0.15) is 0 Å². The molecule has 0 radical (unpaired) electrons. The lowest BCUT2D eigenvalue weighted by Gasteiger charge is -2.46. The van der Waals surface area contributed by atoms with Crippen LogP contribution >= 0.6 is 0 Å². The third-order valence-electron chi connectivity index (χ3n) is 5.90. The van der Waals surface area contributed by atoms with Crippen LogP contribution in [0.15, 0.2) is 24.3 Å². The monoisotopic (exact) mass is 283 g/mol. The summed E-state index contributed by atoms with van der Waals surface area (Å²) in [5, 5.41) is 21.4. The molecule has 112 valence electrons. The molecule has 2 aliphatic carbocycles. The van der Waals surface area contributed by atoms with E-state index in [2.05, 4.69) is 45.0 Å². The summed E-state index contributed by atoms with van der Waals surface area (Å²) >= 11 is 0. The zero-order chi connectivity index (χ0) is 15.3. The lowest BCUT2D eigenvalue weighted by molar-refractivity contribution is -0.0907. The van der Waals surface area contributed by atoms with Crippen LogP contribution in [-0.4, -0.2) is 10.7 Å². The van der Waals surface area contributed by atoms with E-state index in [0.29, 0.717) is 6.42 Å². The largest absolute Gasteiger partial charge is 0.388 e. The van der Waals surface area contributed by atoms with E-state index in [1.165, 1.54) is 11.1 Å². The van der Waals surface area contributed by atoms with Crippen molar-refractivity contribution < 1.29 is 5.11 Å². The summed E-state index contributed by atoms with van der Waals surface area (Å²) in [5.41, 5.74) is 1.22. The molecule has 0 aromatic heterocycles. The molecule has 0 aliphatic heterocycles. The van der Waals surface area contributed by atoms with Gasteiger partial charge in [0, 0.05) is 0 Å². The van der Waals surface area contributed by atoms with Gasteiger partial charge in [-0.15, -0.1) is 0 Å². The van der Waals surface area contributed by atoms with E-state index >= 15 is 0 Å². The van der Waals surface area contributed by atoms with E-state index in [4.69, 9.17) is 0 Å². The average Bonchev–Trinajstić information content (AvgIpc) is 2.67. The molecular formula is C19H25NO. The molecule has 1 aromatic carbocycles. The Kier molecular flexibility index (Phi) is 3.19. The molecule has 1 N–H and O–H groups in total. The van der Waals surface area contributed by atoms with Gasteiger partial charge < -0.3 is 5.11 Å². The zero-order valence-electron chi connectivity index (χ0n) is 13.3. The Hall–Kier alpha value is -1.33. The summed E-state index contributed by atoms with van der Waals surface area (Å²) < 4.78 is 0. The maximum Gasteiger partial charge on any atom is 0.0906 e. The minimum absolute atomic E-state index is 0.120. The van der Waals surface area contributed by atoms with Gasteiger partial charge in [-0.1, -0.05) is 45.0 Å². The van der Waals surface area contributed by atoms with Crippen LogP contribution in [0.3, 0.4) is 0 Å². The number of nitriles is 1. The van der Waals surface area contributed by atoms with Crippen LogP contribution in [0.4, 0.5) is 0 Å². The molecule has 3 unspecified atom stereocenters. The third kappa shape index (κ3) is 2.10. The minimum atomic E-state index is -0.862. The van der Waals surface area contributed by atoms with Crippen molar-refractivity contribution in [2.75, 3.05) is 0 Å². The highest BCUT2D eigenvalue weighted by atomic mass is 16.3. The van der Waals surface area contributed by atoms with E-state index in [1.54, 1.807) is 0 Å². The number of fused-ring (bicyclic) bond motifs is 1. The predicted molar refractivity (Wildman–Crippen MR) is 83.6 cm³/mol. The fourth-order valence-electron chi connectivity index (χ4n) is 4.91. The number of benzene rings is 1. The van der Waals surface area contributed by atoms with E-state index < -0.39 is 11.0 Å². The van der Waals surface area contributed by atoms with Crippen LogP contribution in [0.1, 0.15) is 51.2 Å². The van der Waals surface area contributed by atoms with Gasteiger partial charge in [-0.25, -0.2) is 0 Å². The SMILES string of the molecule is CC1CC(C)(C)CC1(O)C1(C#N)CCc2ccccc2C1. The predicted octanol–water partition coefficient (Wildman–Crippen LogP) is 3.87. The van der Waals surface area contributed by atoms with Gasteiger partial charge in [-0.05, 0) is 54.6 Å². The maximum absolute atomic E-state index is 11.5. The first-order chi connectivity index (χ1) is 9.82. The summed E-state index contributed by atoms with van der Waals surface area (Å²) in [5.74, 6) is 0.178. The van der Waals surface area contributed by atoms with Crippen molar-refractivity contribution in [1.29, 1.82) is 5.26 Å². The Balaban J connectivity index is 2.02. The molecule has 3 atom stereocenters. The van der Waals surface area contributed by atoms with Crippen LogP contribution < -0.4 is 0 Å². The van der Waals surface area contributed by atoms with Gasteiger partial charge in [0.15, 0.2) is 0 Å². The van der Waals surface area contributed by atoms with Crippen molar-refractivity contribution in [2.24, 2.45) is 16.7 Å². The highest BCUT2D eigenvalue weighted by Gasteiger charge is 2.60. The highest BCUT2D eigenvalue weighted by molar-refractivity contribution is 5.35. The molecule has 1 fully saturated rings. The van der Waals surface area contributed by atoms with Crippen LogP contribution in [0.25, 0.3) is 0 Å². The van der Waals surface area contributed by atoms with E-state index in [0.717, 1.165) is 25.7 Å². The van der Waals surface area contributed by atoms with Gasteiger partial charge in [0.25, 0.3) is 0 Å². The normalized spacial score (nSPS) is 37.8. The molecule has 2 heteroatoms. The Morgan fingerprint density at radius 2 is 1.90 bits per heavy atom. The van der Waals surface area contributed by atoms with Crippen LogP contribution in [-0.2, 0) is 12.8 Å². The topological polar surface area (TPSA) is 44.0 Å². The van der Waals surface area contributed by atoms with E-state index in [1.807, 2.05) is 6.07 Å². The molecule has 21 heavy (non-hydrogen) atoms. The first-order valence-electron chi connectivity index (χ1n) is 8.02. The summed E-state index contributed by atoms with van der Waals surface area (Å²) in [7, 11) is 0. The Labute approximate surface area is 127 Å². The summed E-state index contributed by atoms with van der Waals surface area (Å²) in [6.07, 6.45) is 4.10. The molecule has 0 amide bonds. The first-order valence-corrected chi connectivity index (χ1v) is 8.02. The Morgan fingerprint density at radius 3 is 2.48 bits per heavy atom. The number of hydrogen-bond donors (Lipinski definition) is 1. The van der Waals surface area contributed by atoms with Crippen molar-refractivity contribution in [2.45, 2.75) is 58.5 Å². The Bertz CT molecular complexity index is 600. The lowest BCUT2D eigenvalue weighted by Crippen LogP contribution is -2.52. The fourth-order valence-corrected chi connectivity index (χ4v) is 4.91. The lowest BCUT2D eigenvalue weighted by atomic mass is 9.59. The van der Waals surface area contributed by atoms with Crippen LogP contribution in [0.5, 0.6) is 0 Å². The molecule has 0 spiro atoms. The average molecular weight is 283 g/mol. The van der Waals surface area contributed by atoms with E-state index in [9.17, 15) is 10.4 Å². The van der Waals surface area contributed by atoms with Crippen LogP contribution in [0, 0.1) is 28.1 Å². The standard InChI is InChI=1S/C19H25NO/c1-14-10-17(2,3)12-19(14,21)18(13-20)9-8-15-6-4-5-7-16(15)11-18/h4-7,14,21H,8-12H2,1-3H3.